The zero-order valence-corrected chi connectivity index (χ0v) is 25.9. The second-order valence-corrected chi connectivity index (χ2v) is 12.8. The summed E-state index contributed by atoms with van der Waals surface area (Å²) in [5.41, 5.74) is 10.8. The molecule has 8 heteroatoms. The fourth-order valence-corrected chi connectivity index (χ4v) is 8.14. The van der Waals surface area contributed by atoms with E-state index in [0.29, 0.717) is 17.7 Å². The van der Waals surface area contributed by atoms with E-state index in [2.05, 4.69) is 148 Å². The molecule has 2 atom stereocenters. The van der Waals surface area contributed by atoms with Crippen LogP contribution in [-0.4, -0.2) is 9.97 Å². The number of rotatable bonds is 3. The normalized spacial score (nSPS) is 18.9. The molecular formula is C21H16I5N3. The van der Waals surface area contributed by atoms with Gasteiger partial charge in [-0.1, -0.05) is 12.1 Å². The van der Waals surface area contributed by atoms with Gasteiger partial charge in [0.15, 0.2) is 0 Å². The highest BCUT2D eigenvalue weighted by Gasteiger charge is 2.31. The van der Waals surface area contributed by atoms with Gasteiger partial charge in [0.25, 0.3) is 0 Å². The molecular weight excluding hydrogens is 929 g/mol. The molecule has 3 aromatic rings. The van der Waals surface area contributed by atoms with Crippen LogP contribution in [0.5, 0.6) is 0 Å². The highest BCUT2D eigenvalue weighted by Crippen LogP contribution is 2.45. The summed E-state index contributed by atoms with van der Waals surface area (Å²) in [4.78, 5) is 9.54. The molecule has 0 aliphatic heterocycles. The van der Waals surface area contributed by atoms with E-state index in [0.717, 1.165) is 29.8 Å². The molecule has 150 valence electrons. The maximum atomic E-state index is 6.29. The summed E-state index contributed by atoms with van der Waals surface area (Å²) in [5.74, 6) is 1.50. The SMILES string of the molecule is Nc1ncc(-c2ccc(I)c(I)c2I)nc1C1CCC(c2ccc(I)cc2I)C1. The molecule has 1 aliphatic rings. The molecule has 1 saturated carbocycles. The average molecular weight is 945 g/mol. The van der Waals surface area contributed by atoms with Gasteiger partial charge in [0.2, 0.25) is 0 Å². The van der Waals surface area contributed by atoms with Gasteiger partial charge in [-0.3, -0.25) is 0 Å². The van der Waals surface area contributed by atoms with Crippen molar-refractivity contribution < 1.29 is 0 Å². The molecule has 0 spiro atoms. The van der Waals surface area contributed by atoms with Gasteiger partial charge in [0.1, 0.15) is 5.82 Å². The van der Waals surface area contributed by atoms with Crippen LogP contribution in [0.1, 0.15) is 42.4 Å². The lowest BCUT2D eigenvalue weighted by Gasteiger charge is -2.16. The average Bonchev–Trinajstić information content (AvgIpc) is 3.16. The van der Waals surface area contributed by atoms with Gasteiger partial charge < -0.3 is 5.73 Å². The number of hydrogen-bond acceptors (Lipinski definition) is 3. The Kier molecular flexibility index (Phi) is 7.86. The Labute approximate surface area is 238 Å². The summed E-state index contributed by atoms with van der Waals surface area (Å²) in [6.07, 6.45) is 5.18. The summed E-state index contributed by atoms with van der Waals surface area (Å²) >= 11 is 12.0. The summed E-state index contributed by atoms with van der Waals surface area (Å²) in [7, 11) is 0. The van der Waals surface area contributed by atoms with Gasteiger partial charge in [-0.15, -0.1) is 0 Å². The molecule has 29 heavy (non-hydrogen) atoms. The summed E-state index contributed by atoms with van der Waals surface area (Å²) in [6.45, 7) is 0. The minimum absolute atomic E-state index is 0.364. The van der Waals surface area contributed by atoms with E-state index in [-0.39, 0.29) is 0 Å². The number of halogens is 5. The van der Waals surface area contributed by atoms with Crippen LogP contribution in [0.2, 0.25) is 0 Å². The number of benzene rings is 2. The molecule has 1 fully saturated rings. The maximum Gasteiger partial charge on any atom is 0.145 e. The Morgan fingerprint density at radius 1 is 0.862 bits per heavy atom. The number of nitrogen functional groups attached to an aromatic ring is 1. The van der Waals surface area contributed by atoms with E-state index in [1.807, 2.05) is 6.20 Å². The largest absolute Gasteiger partial charge is 0.382 e. The first-order valence-corrected chi connectivity index (χ1v) is 14.5. The Morgan fingerprint density at radius 2 is 1.62 bits per heavy atom. The summed E-state index contributed by atoms with van der Waals surface area (Å²) in [6, 6.07) is 11.0. The van der Waals surface area contributed by atoms with E-state index in [1.54, 1.807) is 0 Å². The van der Waals surface area contributed by atoms with Crippen molar-refractivity contribution in [3.8, 4) is 11.3 Å². The zero-order chi connectivity index (χ0) is 20.7. The smallest absolute Gasteiger partial charge is 0.145 e. The van der Waals surface area contributed by atoms with Crippen LogP contribution in [0, 0.1) is 17.9 Å². The molecule has 1 aromatic heterocycles. The van der Waals surface area contributed by atoms with Crippen LogP contribution < -0.4 is 5.73 Å². The third kappa shape index (κ3) is 4.99. The number of anilines is 1. The maximum absolute atomic E-state index is 6.29. The Hall–Kier alpha value is 0.970. The van der Waals surface area contributed by atoms with Crippen molar-refractivity contribution >= 4 is 119 Å². The predicted octanol–water partition coefficient (Wildman–Crippen LogP) is 7.80. The van der Waals surface area contributed by atoms with Crippen LogP contribution >= 0.6 is 113 Å². The lowest BCUT2D eigenvalue weighted by molar-refractivity contribution is 0.668. The van der Waals surface area contributed by atoms with Crippen molar-refractivity contribution in [1.29, 1.82) is 0 Å². The van der Waals surface area contributed by atoms with Gasteiger partial charge in [0, 0.05) is 29.3 Å². The van der Waals surface area contributed by atoms with Crippen molar-refractivity contribution in [3.63, 3.8) is 0 Å². The number of nitrogens with two attached hydrogens (primary N) is 1. The minimum Gasteiger partial charge on any atom is -0.382 e. The van der Waals surface area contributed by atoms with Crippen LogP contribution in [-0.2, 0) is 0 Å². The molecule has 0 radical (unpaired) electrons. The summed E-state index contributed by atoms with van der Waals surface area (Å²) in [5, 5.41) is 0. The van der Waals surface area contributed by atoms with Crippen LogP contribution in [0.3, 0.4) is 0 Å². The molecule has 2 N–H and O–H groups in total. The number of hydrogen-bond donors (Lipinski definition) is 1. The fourth-order valence-electron chi connectivity index (χ4n) is 3.91. The summed E-state index contributed by atoms with van der Waals surface area (Å²) < 4.78 is 6.38. The standard InChI is InChI=1S/C21H16I5N3/c22-12-3-4-13(16(24)8-12)10-1-2-11(7-10)20-21(27)28-9-17(29-20)14-5-6-15(23)19(26)18(14)25/h3-6,8-11H,1-2,7H2,(H2,27,28). The Bertz CT molecular complexity index is 1090. The lowest BCUT2D eigenvalue weighted by atomic mass is 9.95. The third-order valence-electron chi connectivity index (χ3n) is 5.36. The fraction of sp³-hybridized carbons (Fsp3) is 0.238. The van der Waals surface area contributed by atoms with Gasteiger partial charge in [-0.05, 0) is 162 Å². The van der Waals surface area contributed by atoms with E-state index in [9.17, 15) is 0 Å². The van der Waals surface area contributed by atoms with Crippen molar-refractivity contribution in [1.82, 2.24) is 9.97 Å². The Balaban J connectivity index is 1.65. The molecule has 0 amide bonds. The second kappa shape index (κ2) is 9.85. The van der Waals surface area contributed by atoms with E-state index in [1.165, 1.54) is 29.8 Å². The number of nitrogens with zero attached hydrogens (tertiary/aromatic N) is 2. The lowest BCUT2D eigenvalue weighted by Crippen LogP contribution is -2.07. The topological polar surface area (TPSA) is 51.8 Å². The highest BCUT2D eigenvalue weighted by atomic mass is 127. The van der Waals surface area contributed by atoms with E-state index in [4.69, 9.17) is 10.7 Å². The first kappa shape index (κ1) is 23.1. The number of aromatic nitrogens is 2. The van der Waals surface area contributed by atoms with E-state index >= 15 is 0 Å². The quantitative estimate of drug-likeness (QED) is 0.216. The first-order chi connectivity index (χ1) is 13.8. The van der Waals surface area contributed by atoms with Crippen LogP contribution in [0.25, 0.3) is 11.3 Å². The zero-order valence-electron chi connectivity index (χ0n) is 15.1. The second-order valence-electron chi connectivity index (χ2n) is 7.12. The third-order valence-corrected chi connectivity index (χ3v) is 12.2. The molecule has 4 rings (SSSR count). The molecule has 1 aliphatic carbocycles. The first-order valence-electron chi connectivity index (χ1n) is 9.06. The molecule has 3 nitrogen and oxygen atoms in total. The van der Waals surface area contributed by atoms with Crippen molar-refractivity contribution in [2.24, 2.45) is 0 Å². The molecule has 1 heterocycles. The van der Waals surface area contributed by atoms with Gasteiger partial charge in [0.05, 0.1) is 17.6 Å². The van der Waals surface area contributed by atoms with Crippen molar-refractivity contribution in [2.45, 2.75) is 31.1 Å². The van der Waals surface area contributed by atoms with Crippen molar-refractivity contribution in [2.75, 3.05) is 5.73 Å². The van der Waals surface area contributed by atoms with Gasteiger partial charge >= 0.3 is 0 Å². The van der Waals surface area contributed by atoms with Crippen LogP contribution in [0.4, 0.5) is 5.82 Å². The molecule has 2 unspecified atom stereocenters. The van der Waals surface area contributed by atoms with Crippen LogP contribution in [0.15, 0.2) is 36.5 Å². The minimum atomic E-state index is 0.364. The highest BCUT2D eigenvalue weighted by molar-refractivity contribution is 14.1. The monoisotopic (exact) mass is 945 g/mol. The van der Waals surface area contributed by atoms with E-state index < -0.39 is 0 Å². The molecule has 2 aromatic carbocycles. The Morgan fingerprint density at radius 3 is 2.38 bits per heavy atom. The van der Waals surface area contributed by atoms with Gasteiger partial charge in [-0.2, -0.15) is 0 Å². The van der Waals surface area contributed by atoms with Crippen molar-refractivity contribution in [3.05, 3.63) is 65.6 Å². The molecule has 0 bridgehead atoms. The predicted molar refractivity (Wildman–Crippen MR) is 161 cm³/mol. The van der Waals surface area contributed by atoms with Gasteiger partial charge in [-0.25, -0.2) is 9.97 Å². The molecule has 0 saturated heterocycles.